The molecule has 2 aromatic rings. The minimum absolute atomic E-state index is 0.124. The van der Waals surface area contributed by atoms with E-state index in [4.69, 9.17) is 9.47 Å². The van der Waals surface area contributed by atoms with Gasteiger partial charge in [-0.1, -0.05) is 6.07 Å². The van der Waals surface area contributed by atoms with Gasteiger partial charge in [-0.05, 0) is 18.6 Å². The lowest BCUT2D eigenvalue weighted by Gasteiger charge is -2.37. The van der Waals surface area contributed by atoms with Gasteiger partial charge < -0.3 is 19.2 Å². The predicted molar refractivity (Wildman–Crippen MR) is 92.6 cm³/mol. The highest BCUT2D eigenvalue weighted by Crippen LogP contribution is 2.22. The highest BCUT2D eigenvalue weighted by atomic mass is 16.5. The second kappa shape index (κ2) is 7.51. The van der Waals surface area contributed by atoms with Gasteiger partial charge in [0.2, 0.25) is 0 Å². The molecule has 0 saturated carbocycles. The van der Waals surface area contributed by atoms with Gasteiger partial charge in [-0.2, -0.15) is 0 Å². The Labute approximate surface area is 146 Å². The Kier molecular flexibility index (Phi) is 4.96. The first-order chi connectivity index (χ1) is 12.3. The standard InChI is InChI=1S/C18H24N4O3/c23-18(15-12-22-5-2-1-3-17(22)20-15)19-11-16(14-4-8-25-13-14)21-6-9-24-10-7-21/h1-3,5,12,14,16H,4,6-11,13H2,(H,19,23)/t14-,16-/m1/s1. The summed E-state index contributed by atoms with van der Waals surface area (Å²) in [6, 6.07) is 6.01. The molecule has 2 aliphatic heterocycles. The van der Waals surface area contributed by atoms with Gasteiger partial charge in [0.25, 0.3) is 5.91 Å². The zero-order chi connectivity index (χ0) is 17.1. The van der Waals surface area contributed by atoms with Crippen LogP contribution in [0.25, 0.3) is 5.65 Å². The predicted octanol–water partition coefficient (Wildman–Crippen LogP) is 0.801. The highest BCUT2D eigenvalue weighted by molar-refractivity contribution is 5.92. The molecule has 134 valence electrons. The number of ether oxygens (including phenoxy) is 2. The van der Waals surface area contributed by atoms with Crippen LogP contribution >= 0.6 is 0 Å². The summed E-state index contributed by atoms with van der Waals surface area (Å²) in [5.74, 6) is 0.334. The summed E-state index contributed by atoms with van der Waals surface area (Å²) in [6.07, 6.45) is 4.71. The van der Waals surface area contributed by atoms with Crippen LogP contribution in [-0.2, 0) is 9.47 Å². The molecule has 4 heterocycles. The molecule has 0 bridgehead atoms. The lowest BCUT2D eigenvalue weighted by molar-refractivity contribution is 0.00165. The molecular weight excluding hydrogens is 320 g/mol. The van der Waals surface area contributed by atoms with Crippen molar-refractivity contribution in [1.29, 1.82) is 0 Å². The number of amides is 1. The second-order valence-electron chi connectivity index (χ2n) is 6.64. The Morgan fingerprint density at radius 1 is 1.28 bits per heavy atom. The molecule has 4 rings (SSSR count). The van der Waals surface area contributed by atoms with Gasteiger partial charge in [-0.25, -0.2) is 4.98 Å². The number of fused-ring (bicyclic) bond motifs is 1. The fraction of sp³-hybridized carbons (Fsp3) is 0.556. The maximum Gasteiger partial charge on any atom is 0.271 e. The highest BCUT2D eigenvalue weighted by Gasteiger charge is 2.32. The molecule has 7 nitrogen and oxygen atoms in total. The maximum absolute atomic E-state index is 12.6. The number of morpholine rings is 1. The van der Waals surface area contributed by atoms with Crippen LogP contribution in [0, 0.1) is 5.92 Å². The average molecular weight is 344 g/mol. The van der Waals surface area contributed by atoms with E-state index in [2.05, 4.69) is 15.2 Å². The SMILES string of the molecule is O=C(NC[C@H]([C@@H]1CCOC1)N1CCOCC1)c1cn2ccccc2n1. The van der Waals surface area contributed by atoms with Gasteiger partial charge in [-0.15, -0.1) is 0 Å². The zero-order valence-corrected chi connectivity index (χ0v) is 14.3. The number of nitrogens with zero attached hydrogens (tertiary/aromatic N) is 3. The number of carbonyl (C=O) groups excluding carboxylic acids is 1. The van der Waals surface area contributed by atoms with Gasteiger partial charge in [0.1, 0.15) is 11.3 Å². The van der Waals surface area contributed by atoms with Crippen LogP contribution in [-0.4, -0.2) is 72.3 Å². The van der Waals surface area contributed by atoms with Crippen molar-refractivity contribution in [2.24, 2.45) is 5.92 Å². The first-order valence-corrected chi connectivity index (χ1v) is 8.93. The number of hydrogen-bond donors (Lipinski definition) is 1. The van der Waals surface area contributed by atoms with E-state index < -0.39 is 0 Å². The quantitative estimate of drug-likeness (QED) is 0.869. The van der Waals surface area contributed by atoms with Crippen molar-refractivity contribution in [1.82, 2.24) is 19.6 Å². The van der Waals surface area contributed by atoms with E-state index in [1.54, 1.807) is 6.20 Å². The van der Waals surface area contributed by atoms with Crippen LogP contribution < -0.4 is 5.32 Å². The maximum atomic E-state index is 12.6. The minimum Gasteiger partial charge on any atom is -0.381 e. The Balaban J connectivity index is 1.43. The molecule has 7 heteroatoms. The molecule has 25 heavy (non-hydrogen) atoms. The fourth-order valence-corrected chi connectivity index (χ4v) is 3.69. The van der Waals surface area contributed by atoms with Crippen LogP contribution in [0.15, 0.2) is 30.6 Å². The molecule has 2 aliphatic rings. The monoisotopic (exact) mass is 344 g/mol. The van der Waals surface area contributed by atoms with Crippen LogP contribution in [0.4, 0.5) is 0 Å². The summed E-state index contributed by atoms with van der Waals surface area (Å²) in [5, 5.41) is 3.08. The molecule has 2 atom stereocenters. The molecular formula is C18H24N4O3. The Hall–Kier alpha value is -1.96. The van der Waals surface area contributed by atoms with Gasteiger partial charge in [0, 0.05) is 50.6 Å². The lowest BCUT2D eigenvalue weighted by Crippen LogP contribution is -2.52. The van der Waals surface area contributed by atoms with Gasteiger partial charge >= 0.3 is 0 Å². The van der Waals surface area contributed by atoms with Crippen LogP contribution in [0.5, 0.6) is 0 Å². The number of nitrogens with one attached hydrogen (secondary N) is 1. The van der Waals surface area contributed by atoms with Crippen molar-refractivity contribution < 1.29 is 14.3 Å². The van der Waals surface area contributed by atoms with E-state index in [9.17, 15) is 4.79 Å². The van der Waals surface area contributed by atoms with Crippen molar-refractivity contribution in [3.05, 3.63) is 36.3 Å². The second-order valence-corrected chi connectivity index (χ2v) is 6.64. The van der Waals surface area contributed by atoms with Crippen molar-refractivity contribution >= 4 is 11.6 Å². The third-order valence-corrected chi connectivity index (χ3v) is 5.09. The first-order valence-electron chi connectivity index (χ1n) is 8.93. The van der Waals surface area contributed by atoms with Crippen molar-refractivity contribution in [3.63, 3.8) is 0 Å². The van der Waals surface area contributed by atoms with Gasteiger partial charge in [-0.3, -0.25) is 9.69 Å². The average Bonchev–Trinajstić information content (AvgIpc) is 3.32. The van der Waals surface area contributed by atoms with E-state index >= 15 is 0 Å². The molecule has 0 aliphatic carbocycles. The summed E-state index contributed by atoms with van der Waals surface area (Å²) in [6.45, 7) is 5.52. The molecule has 2 fully saturated rings. The lowest BCUT2D eigenvalue weighted by atomic mass is 9.97. The first kappa shape index (κ1) is 16.5. The molecule has 1 N–H and O–H groups in total. The van der Waals surface area contributed by atoms with E-state index in [1.165, 1.54) is 0 Å². The van der Waals surface area contributed by atoms with E-state index in [0.29, 0.717) is 18.2 Å². The number of imidazole rings is 1. The Morgan fingerprint density at radius 2 is 2.16 bits per heavy atom. The Morgan fingerprint density at radius 3 is 2.92 bits per heavy atom. The molecule has 0 aromatic carbocycles. The summed E-state index contributed by atoms with van der Waals surface area (Å²) in [7, 11) is 0. The van der Waals surface area contributed by atoms with Gasteiger partial charge in [0.05, 0.1) is 19.8 Å². The molecule has 2 aromatic heterocycles. The van der Waals surface area contributed by atoms with Crippen molar-refractivity contribution in [2.45, 2.75) is 12.5 Å². The number of carbonyl (C=O) groups is 1. The summed E-state index contributed by atoms with van der Waals surface area (Å²) < 4.78 is 12.9. The summed E-state index contributed by atoms with van der Waals surface area (Å²) in [4.78, 5) is 19.4. The number of rotatable bonds is 5. The largest absolute Gasteiger partial charge is 0.381 e. The van der Waals surface area contributed by atoms with Gasteiger partial charge in [0.15, 0.2) is 0 Å². The number of hydrogen-bond acceptors (Lipinski definition) is 5. The topological polar surface area (TPSA) is 68.1 Å². The molecule has 0 unspecified atom stereocenters. The summed E-state index contributed by atoms with van der Waals surface area (Å²) >= 11 is 0. The summed E-state index contributed by atoms with van der Waals surface area (Å²) in [5.41, 5.74) is 1.23. The normalized spacial score (nSPS) is 23.0. The number of pyridine rings is 1. The molecule has 0 radical (unpaired) electrons. The minimum atomic E-state index is -0.124. The fourth-order valence-electron chi connectivity index (χ4n) is 3.69. The zero-order valence-electron chi connectivity index (χ0n) is 14.3. The van der Waals surface area contributed by atoms with Crippen LogP contribution in [0.1, 0.15) is 16.9 Å². The Bertz CT molecular complexity index is 687. The number of aromatic nitrogens is 2. The van der Waals surface area contributed by atoms with Crippen molar-refractivity contribution in [2.75, 3.05) is 46.1 Å². The third-order valence-electron chi connectivity index (χ3n) is 5.09. The van der Waals surface area contributed by atoms with Crippen LogP contribution in [0.2, 0.25) is 0 Å². The molecule has 1 amide bonds. The van der Waals surface area contributed by atoms with E-state index in [-0.39, 0.29) is 11.9 Å². The smallest absolute Gasteiger partial charge is 0.271 e. The molecule has 2 saturated heterocycles. The van der Waals surface area contributed by atoms with Crippen LogP contribution in [0.3, 0.4) is 0 Å². The van der Waals surface area contributed by atoms with E-state index in [0.717, 1.165) is 51.6 Å². The molecule has 0 spiro atoms. The third kappa shape index (κ3) is 3.68. The van der Waals surface area contributed by atoms with Crippen molar-refractivity contribution in [3.8, 4) is 0 Å². The van der Waals surface area contributed by atoms with E-state index in [1.807, 2.05) is 28.8 Å².